The minimum Gasteiger partial charge on any atom is -0.309 e. The van der Waals surface area contributed by atoms with E-state index in [0.29, 0.717) is 17.6 Å². The van der Waals surface area contributed by atoms with E-state index in [-0.39, 0.29) is 0 Å². The van der Waals surface area contributed by atoms with Crippen molar-refractivity contribution in [2.45, 2.75) is 5.41 Å². The molecule has 0 saturated heterocycles. The van der Waals surface area contributed by atoms with Gasteiger partial charge in [-0.1, -0.05) is 182 Å². The molecule has 0 N–H and O–H groups in total. The van der Waals surface area contributed by atoms with Crippen LogP contribution in [-0.4, -0.2) is 24.1 Å². The molecule has 9 aromatic carbocycles. The number of rotatable bonds is 6. The van der Waals surface area contributed by atoms with Crippen LogP contribution in [0.4, 0.5) is 0 Å². The van der Waals surface area contributed by atoms with Crippen LogP contribution in [0.3, 0.4) is 0 Å². The Bertz CT molecular complexity index is 3680. The monoisotopic (exact) mass is 803 g/mol. The Balaban J connectivity index is 1.11. The lowest BCUT2D eigenvalue weighted by Gasteiger charge is -2.34. The van der Waals surface area contributed by atoms with Crippen LogP contribution in [-0.2, 0) is 5.41 Å². The highest BCUT2D eigenvalue weighted by Gasteiger charge is 2.46. The van der Waals surface area contributed by atoms with Crippen molar-refractivity contribution >= 4 is 43.6 Å². The molecule has 1 aliphatic carbocycles. The van der Waals surface area contributed by atoms with E-state index in [4.69, 9.17) is 15.0 Å². The molecular formula is C58H37N5. The van der Waals surface area contributed by atoms with E-state index in [1.165, 1.54) is 44.2 Å². The lowest BCUT2D eigenvalue weighted by Crippen LogP contribution is -2.28. The molecular weight excluding hydrogens is 767 g/mol. The van der Waals surface area contributed by atoms with Gasteiger partial charge in [0.05, 0.1) is 27.5 Å². The van der Waals surface area contributed by atoms with E-state index in [1.807, 2.05) is 18.2 Å². The molecule has 0 fully saturated rings. The fraction of sp³-hybridized carbons (Fsp3) is 0.0172. The highest BCUT2D eigenvalue weighted by Crippen LogP contribution is 2.57. The first-order valence-corrected chi connectivity index (χ1v) is 21.5. The first-order chi connectivity index (χ1) is 31.3. The van der Waals surface area contributed by atoms with Crippen molar-refractivity contribution in [2.24, 2.45) is 0 Å². The summed E-state index contributed by atoms with van der Waals surface area (Å²) in [5.41, 5.74) is 14.1. The maximum atomic E-state index is 5.45. The highest BCUT2D eigenvalue weighted by atomic mass is 15.2. The molecule has 0 bridgehead atoms. The van der Waals surface area contributed by atoms with Crippen molar-refractivity contribution in [3.8, 4) is 45.5 Å². The molecule has 5 nitrogen and oxygen atoms in total. The van der Waals surface area contributed by atoms with Crippen LogP contribution in [0.2, 0.25) is 0 Å². The van der Waals surface area contributed by atoms with Crippen molar-refractivity contribution in [2.75, 3.05) is 0 Å². The van der Waals surface area contributed by atoms with Gasteiger partial charge in [-0.25, -0.2) is 4.98 Å². The van der Waals surface area contributed by atoms with Crippen molar-refractivity contribution < 1.29 is 0 Å². The van der Waals surface area contributed by atoms with Gasteiger partial charge in [0.2, 0.25) is 5.95 Å². The van der Waals surface area contributed by atoms with Crippen LogP contribution >= 0.6 is 0 Å². The van der Waals surface area contributed by atoms with Gasteiger partial charge in [-0.05, 0) is 75.8 Å². The first kappa shape index (κ1) is 35.4. The molecule has 3 aromatic heterocycles. The predicted molar refractivity (Wildman–Crippen MR) is 257 cm³/mol. The van der Waals surface area contributed by atoms with E-state index in [0.717, 1.165) is 49.7 Å². The van der Waals surface area contributed by atoms with Crippen LogP contribution in [0.5, 0.6) is 0 Å². The van der Waals surface area contributed by atoms with Gasteiger partial charge in [-0.3, -0.25) is 4.57 Å². The standard InChI is InChI=1S/C58H37N5/c1-5-19-38(20-6-1)55-59-56(39-33-34-46-44-28-14-17-31-51(44)62(53(46)35-39)42-25-11-4-12-26-42)61-57(60-55)63-52-32-18-15-29-45(52)48-36-47-43-27-13-16-30-49(43)58(50(47)37-54(48)63,40-21-7-2-8-22-40)41-23-9-3-10-24-41/h1-37H. The number of benzene rings is 9. The van der Waals surface area contributed by atoms with Crippen molar-refractivity contribution in [1.82, 2.24) is 24.1 Å². The quantitative estimate of drug-likeness (QED) is 0.168. The maximum Gasteiger partial charge on any atom is 0.238 e. The van der Waals surface area contributed by atoms with Gasteiger partial charge in [0.25, 0.3) is 0 Å². The molecule has 0 spiro atoms. The lowest BCUT2D eigenvalue weighted by molar-refractivity contribution is 0.769. The van der Waals surface area contributed by atoms with Crippen LogP contribution < -0.4 is 0 Å². The summed E-state index contributed by atoms with van der Waals surface area (Å²) in [6, 6.07) is 80.4. The van der Waals surface area contributed by atoms with Crippen LogP contribution in [0.25, 0.3) is 89.2 Å². The number of nitrogens with zero attached hydrogens (tertiary/aromatic N) is 5. The zero-order valence-electron chi connectivity index (χ0n) is 34.1. The van der Waals surface area contributed by atoms with Gasteiger partial charge in [0.1, 0.15) is 0 Å². The van der Waals surface area contributed by atoms with Gasteiger partial charge >= 0.3 is 0 Å². The molecule has 0 saturated carbocycles. The zero-order chi connectivity index (χ0) is 41.5. The molecule has 294 valence electrons. The van der Waals surface area contributed by atoms with Crippen LogP contribution in [0.1, 0.15) is 22.3 Å². The smallest absolute Gasteiger partial charge is 0.238 e. The van der Waals surface area contributed by atoms with Crippen LogP contribution in [0, 0.1) is 0 Å². The summed E-state index contributed by atoms with van der Waals surface area (Å²) in [4.78, 5) is 16.1. The second kappa shape index (κ2) is 13.8. The van der Waals surface area contributed by atoms with Gasteiger partial charge in [0, 0.05) is 38.4 Å². The fourth-order valence-electron chi connectivity index (χ4n) is 10.4. The minimum atomic E-state index is -0.560. The second-order valence-electron chi connectivity index (χ2n) is 16.4. The van der Waals surface area contributed by atoms with E-state index in [9.17, 15) is 0 Å². The highest BCUT2D eigenvalue weighted by molar-refractivity contribution is 6.12. The number of aromatic nitrogens is 5. The third kappa shape index (κ3) is 5.20. The molecule has 5 heteroatoms. The zero-order valence-corrected chi connectivity index (χ0v) is 34.1. The van der Waals surface area contributed by atoms with E-state index >= 15 is 0 Å². The van der Waals surface area contributed by atoms with Crippen molar-refractivity contribution in [1.29, 1.82) is 0 Å². The SMILES string of the molecule is c1ccc(-c2nc(-c3ccc4c5ccccc5n(-c5ccccc5)c4c3)nc(-n3c4ccccc4c4cc5c(cc43)C(c3ccccc3)(c3ccccc3)c3ccccc3-5)n2)cc1. The topological polar surface area (TPSA) is 48.5 Å². The molecule has 0 unspecified atom stereocenters. The van der Waals surface area contributed by atoms with Crippen LogP contribution in [0.15, 0.2) is 224 Å². The van der Waals surface area contributed by atoms with Gasteiger partial charge < -0.3 is 4.57 Å². The first-order valence-electron chi connectivity index (χ1n) is 21.5. The lowest BCUT2D eigenvalue weighted by atomic mass is 9.67. The van der Waals surface area contributed by atoms with Crippen molar-refractivity contribution in [3.05, 3.63) is 247 Å². The summed E-state index contributed by atoms with van der Waals surface area (Å²) >= 11 is 0. The Morgan fingerprint density at radius 1 is 0.317 bits per heavy atom. The number of hydrogen-bond acceptors (Lipinski definition) is 3. The molecule has 12 aromatic rings. The summed E-state index contributed by atoms with van der Waals surface area (Å²) in [5.74, 6) is 1.78. The molecule has 3 heterocycles. The number of para-hydroxylation sites is 3. The molecule has 63 heavy (non-hydrogen) atoms. The summed E-state index contributed by atoms with van der Waals surface area (Å²) < 4.78 is 4.59. The molecule has 1 aliphatic rings. The second-order valence-corrected chi connectivity index (χ2v) is 16.4. The molecule has 0 radical (unpaired) electrons. The average Bonchev–Trinajstić information content (AvgIpc) is 3.98. The summed E-state index contributed by atoms with van der Waals surface area (Å²) in [5, 5.41) is 4.66. The van der Waals surface area contributed by atoms with Gasteiger partial charge in [-0.2, -0.15) is 9.97 Å². The summed E-state index contributed by atoms with van der Waals surface area (Å²) in [6.07, 6.45) is 0. The number of fused-ring (bicyclic) bond motifs is 9. The van der Waals surface area contributed by atoms with E-state index < -0.39 is 5.41 Å². The van der Waals surface area contributed by atoms with E-state index in [2.05, 4.69) is 215 Å². The summed E-state index contributed by atoms with van der Waals surface area (Å²) in [7, 11) is 0. The third-order valence-electron chi connectivity index (χ3n) is 13.1. The summed E-state index contributed by atoms with van der Waals surface area (Å²) in [6.45, 7) is 0. The Labute approximate surface area is 363 Å². The van der Waals surface area contributed by atoms with E-state index in [1.54, 1.807) is 0 Å². The minimum absolute atomic E-state index is 0.560. The van der Waals surface area contributed by atoms with Gasteiger partial charge in [-0.15, -0.1) is 0 Å². The normalized spacial score (nSPS) is 12.9. The Morgan fingerprint density at radius 2 is 0.841 bits per heavy atom. The average molecular weight is 804 g/mol. The maximum absolute atomic E-state index is 5.45. The Hall–Kier alpha value is -8.41. The Kier molecular flexibility index (Phi) is 7.75. The molecule has 0 amide bonds. The van der Waals surface area contributed by atoms with Gasteiger partial charge in [0.15, 0.2) is 11.6 Å². The third-order valence-corrected chi connectivity index (χ3v) is 13.1. The Morgan fingerprint density at radius 3 is 1.54 bits per heavy atom. The van der Waals surface area contributed by atoms with Crippen molar-refractivity contribution in [3.63, 3.8) is 0 Å². The largest absolute Gasteiger partial charge is 0.309 e. The number of hydrogen-bond donors (Lipinski definition) is 0. The molecule has 0 aliphatic heterocycles. The fourth-order valence-corrected chi connectivity index (χ4v) is 10.4. The molecule has 13 rings (SSSR count). The predicted octanol–water partition coefficient (Wildman–Crippen LogP) is 13.8. The molecule has 0 atom stereocenters.